The smallest absolute Gasteiger partial charge is 0.335 e. The Morgan fingerprint density at radius 2 is 1.76 bits per heavy atom. The van der Waals surface area contributed by atoms with Gasteiger partial charge in [-0.3, -0.25) is 0 Å². The number of nitrogens with zero attached hydrogens (tertiary/aromatic N) is 3. The first-order chi connectivity index (χ1) is 21.4. The first kappa shape index (κ1) is 30.2. The van der Waals surface area contributed by atoms with Crippen molar-refractivity contribution in [1.29, 1.82) is 0 Å². The fourth-order valence-corrected chi connectivity index (χ4v) is 5.49. The van der Waals surface area contributed by atoms with Crippen molar-refractivity contribution < 1.29 is 41.3 Å². The molecule has 1 aliphatic heterocycles. The van der Waals surface area contributed by atoms with Crippen LogP contribution in [-0.4, -0.2) is 38.8 Å². The maximum Gasteiger partial charge on any atom is 0.335 e. The number of carboxylic acid groups (broad SMARTS) is 1. The minimum Gasteiger partial charge on any atom is -0.478 e. The zero-order valence-corrected chi connectivity index (χ0v) is 24.1. The van der Waals surface area contributed by atoms with Gasteiger partial charge in [-0.2, -0.15) is 0 Å². The van der Waals surface area contributed by atoms with E-state index in [1.54, 1.807) is 6.07 Å². The van der Waals surface area contributed by atoms with Gasteiger partial charge in [0.25, 0.3) is 0 Å². The monoisotopic (exact) mass is 623 g/mol. The zero-order chi connectivity index (χ0) is 32.0. The summed E-state index contributed by atoms with van der Waals surface area (Å²) in [6.07, 6.45) is -0.0942. The summed E-state index contributed by atoms with van der Waals surface area (Å²) in [5.74, 6) is -6.62. The standard InChI is InChI=1S/C33H26F5N3O4/c1-33(2)16-44-15-27(33)41-26-11-17(32(42)43)7-9-25(26)39-28(41)12-19-10-23(36)20(13-22(19)35)24-4-3-5-29(40-24)45-14-18-6-8-21(34)31(38)30(18)37/h3-11,13,27H,12,14-16H2,1-2H3,(H,42,43). The van der Waals surface area contributed by atoms with Gasteiger partial charge in [-0.15, -0.1) is 0 Å². The fourth-order valence-electron chi connectivity index (χ4n) is 5.49. The van der Waals surface area contributed by atoms with E-state index < -0.39 is 41.7 Å². The van der Waals surface area contributed by atoms with Crippen molar-refractivity contribution in [3.8, 4) is 17.1 Å². The Labute approximate surface area is 253 Å². The van der Waals surface area contributed by atoms with Crippen LogP contribution in [0.2, 0.25) is 0 Å². The predicted molar refractivity (Wildman–Crippen MR) is 153 cm³/mol. The van der Waals surface area contributed by atoms with E-state index in [2.05, 4.69) is 9.97 Å². The number of fused-ring (bicyclic) bond motifs is 1. The lowest BCUT2D eigenvalue weighted by Crippen LogP contribution is -2.27. The highest BCUT2D eigenvalue weighted by atomic mass is 19.2. The van der Waals surface area contributed by atoms with Crippen LogP contribution in [0, 0.1) is 34.5 Å². The van der Waals surface area contributed by atoms with Gasteiger partial charge in [-0.05, 0) is 54.1 Å². The Morgan fingerprint density at radius 3 is 2.49 bits per heavy atom. The molecule has 0 amide bonds. The molecule has 3 aromatic carbocycles. The van der Waals surface area contributed by atoms with Crippen LogP contribution in [0.25, 0.3) is 22.3 Å². The highest BCUT2D eigenvalue weighted by Crippen LogP contribution is 2.40. The van der Waals surface area contributed by atoms with Crippen molar-refractivity contribution in [2.24, 2.45) is 5.41 Å². The third-order valence-corrected chi connectivity index (χ3v) is 7.95. The minimum atomic E-state index is -1.63. The summed E-state index contributed by atoms with van der Waals surface area (Å²) in [5.41, 5.74) is 0.427. The van der Waals surface area contributed by atoms with E-state index in [1.165, 1.54) is 30.3 Å². The van der Waals surface area contributed by atoms with Crippen LogP contribution >= 0.6 is 0 Å². The number of imidazole rings is 1. The van der Waals surface area contributed by atoms with Crippen LogP contribution < -0.4 is 4.74 Å². The van der Waals surface area contributed by atoms with Gasteiger partial charge >= 0.3 is 5.97 Å². The molecule has 7 nitrogen and oxygen atoms in total. The summed E-state index contributed by atoms with van der Waals surface area (Å²) in [7, 11) is 0. The lowest BCUT2D eigenvalue weighted by Gasteiger charge is -2.28. The normalized spacial score (nSPS) is 15.9. The quantitative estimate of drug-likeness (QED) is 0.145. The number of hydrogen-bond acceptors (Lipinski definition) is 5. The van der Waals surface area contributed by atoms with Crippen LogP contribution in [-0.2, 0) is 17.8 Å². The number of ether oxygens (including phenoxy) is 2. The van der Waals surface area contributed by atoms with Crippen molar-refractivity contribution in [1.82, 2.24) is 14.5 Å². The molecule has 0 radical (unpaired) electrons. The molecule has 6 rings (SSSR count). The number of halogens is 5. The predicted octanol–water partition coefficient (Wildman–Crippen LogP) is 7.26. The van der Waals surface area contributed by atoms with Gasteiger partial charge in [-0.25, -0.2) is 36.7 Å². The molecule has 1 aliphatic rings. The highest BCUT2D eigenvalue weighted by molar-refractivity contribution is 5.92. The lowest BCUT2D eigenvalue weighted by molar-refractivity contribution is 0.0697. The van der Waals surface area contributed by atoms with Crippen molar-refractivity contribution in [2.75, 3.05) is 13.2 Å². The van der Waals surface area contributed by atoms with E-state index >= 15 is 8.78 Å². The molecule has 0 aliphatic carbocycles. The molecule has 12 heteroatoms. The van der Waals surface area contributed by atoms with Gasteiger partial charge in [0.15, 0.2) is 17.5 Å². The second-order valence-electron chi connectivity index (χ2n) is 11.5. The highest BCUT2D eigenvalue weighted by Gasteiger charge is 2.39. The van der Waals surface area contributed by atoms with Crippen molar-refractivity contribution in [3.63, 3.8) is 0 Å². The molecule has 232 valence electrons. The van der Waals surface area contributed by atoms with Crippen LogP contribution in [0.15, 0.2) is 60.7 Å². The SMILES string of the molecule is CC1(C)COCC1n1c(Cc2cc(F)c(-c3cccc(OCc4ccc(F)c(F)c4F)n3)cc2F)nc2ccc(C(=O)O)cc21. The molecule has 1 fully saturated rings. The molecule has 1 unspecified atom stereocenters. The molecular weight excluding hydrogens is 597 g/mol. The summed E-state index contributed by atoms with van der Waals surface area (Å²) in [6, 6.07) is 12.5. The second kappa shape index (κ2) is 11.6. The average molecular weight is 624 g/mol. The summed E-state index contributed by atoms with van der Waals surface area (Å²) in [4.78, 5) is 20.5. The average Bonchev–Trinajstić information content (AvgIpc) is 3.54. The van der Waals surface area contributed by atoms with E-state index in [4.69, 9.17) is 9.47 Å². The van der Waals surface area contributed by atoms with Gasteiger partial charge < -0.3 is 19.1 Å². The Balaban J connectivity index is 1.31. The molecule has 0 spiro atoms. The maximum atomic E-state index is 15.6. The number of aromatic carboxylic acids is 1. The minimum absolute atomic E-state index is 0.0178. The molecule has 2 aromatic heterocycles. The maximum absolute atomic E-state index is 15.6. The fraction of sp³-hybridized carbons (Fsp3) is 0.242. The lowest BCUT2D eigenvalue weighted by atomic mass is 9.87. The number of carbonyl (C=O) groups is 1. The summed E-state index contributed by atoms with van der Waals surface area (Å²) in [6.45, 7) is 4.34. The summed E-state index contributed by atoms with van der Waals surface area (Å²) < 4.78 is 84.9. The van der Waals surface area contributed by atoms with E-state index in [9.17, 15) is 23.1 Å². The molecule has 1 N–H and O–H groups in total. The van der Waals surface area contributed by atoms with E-state index in [0.717, 1.165) is 24.3 Å². The van der Waals surface area contributed by atoms with Crippen LogP contribution in [0.4, 0.5) is 22.0 Å². The van der Waals surface area contributed by atoms with E-state index in [1.807, 2.05) is 18.4 Å². The topological polar surface area (TPSA) is 86.5 Å². The number of hydrogen-bond donors (Lipinski definition) is 1. The Hall–Kier alpha value is -4.84. The van der Waals surface area contributed by atoms with E-state index in [0.29, 0.717) is 30.1 Å². The summed E-state index contributed by atoms with van der Waals surface area (Å²) in [5, 5.41) is 9.56. The molecular formula is C33H26F5N3O4. The molecule has 1 atom stereocenters. The van der Waals surface area contributed by atoms with Gasteiger partial charge in [0, 0.05) is 29.0 Å². The third kappa shape index (κ3) is 5.73. The molecule has 1 saturated heterocycles. The molecule has 45 heavy (non-hydrogen) atoms. The second-order valence-corrected chi connectivity index (χ2v) is 11.5. The Bertz CT molecular complexity index is 1960. The van der Waals surface area contributed by atoms with Crippen LogP contribution in [0.3, 0.4) is 0 Å². The summed E-state index contributed by atoms with van der Waals surface area (Å²) >= 11 is 0. The first-order valence-corrected chi connectivity index (χ1v) is 14.0. The third-order valence-electron chi connectivity index (χ3n) is 7.95. The number of pyridine rings is 1. The van der Waals surface area contributed by atoms with Gasteiger partial charge in [0.1, 0.15) is 24.1 Å². The molecule has 5 aromatic rings. The van der Waals surface area contributed by atoms with Crippen molar-refractivity contribution in [3.05, 3.63) is 112 Å². The van der Waals surface area contributed by atoms with Gasteiger partial charge in [0.2, 0.25) is 5.88 Å². The number of rotatable bonds is 8. The van der Waals surface area contributed by atoms with Crippen molar-refractivity contribution in [2.45, 2.75) is 32.9 Å². The Kier molecular flexibility index (Phi) is 7.77. The molecule has 0 saturated carbocycles. The molecule has 0 bridgehead atoms. The van der Waals surface area contributed by atoms with Crippen molar-refractivity contribution >= 4 is 17.0 Å². The Morgan fingerprint density at radius 1 is 0.956 bits per heavy atom. The largest absolute Gasteiger partial charge is 0.478 e. The zero-order valence-electron chi connectivity index (χ0n) is 24.1. The first-order valence-electron chi connectivity index (χ1n) is 14.0. The number of benzene rings is 3. The van der Waals surface area contributed by atoms with Crippen LogP contribution in [0.1, 0.15) is 47.2 Å². The van der Waals surface area contributed by atoms with Gasteiger partial charge in [0.05, 0.1) is 41.5 Å². The van der Waals surface area contributed by atoms with E-state index in [-0.39, 0.29) is 51.7 Å². The van der Waals surface area contributed by atoms with Gasteiger partial charge in [-0.1, -0.05) is 19.9 Å². The van der Waals surface area contributed by atoms with Crippen LogP contribution in [0.5, 0.6) is 5.88 Å². The number of carboxylic acids is 1. The molecule has 3 heterocycles. The number of aromatic nitrogens is 3.